The molecule has 3 rings (SSSR count). The van der Waals surface area contributed by atoms with E-state index in [0.717, 1.165) is 11.1 Å². The summed E-state index contributed by atoms with van der Waals surface area (Å²) in [5.74, 6) is 0.350. The molecule has 0 radical (unpaired) electrons. The molecule has 0 unspecified atom stereocenters. The molecule has 1 aliphatic heterocycles. The fourth-order valence-electron chi connectivity index (χ4n) is 3.18. The number of aryl methyl sites for hydroxylation is 2. The van der Waals surface area contributed by atoms with Gasteiger partial charge in [-0.1, -0.05) is 17.2 Å². The van der Waals surface area contributed by atoms with E-state index in [2.05, 4.69) is 5.32 Å². The quantitative estimate of drug-likeness (QED) is 0.892. The fraction of sp³-hybridized carbons (Fsp3) is 0.316. The monoisotopic (exact) mass is 374 g/mol. The molecule has 1 saturated heterocycles. The van der Waals surface area contributed by atoms with Crippen LogP contribution in [-0.4, -0.2) is 33.7 Å². The lowest BCUT2D eigenvalue weighted by Crippen LogP contribution is -2.25. The lowest BCUT2D eigenvalue weighted by atomic mass is 10.1. The summed E-state index contributed by atoms with van der Waals surface area (Å²) in [6, 6.07) is 10.6. The van der Waals surface area contributed by atoms with Gasteiger partial charge < -0.3 is 10.1 Å². The molecular weight excluding hydrogens is 352 g/mol. The molecule has 0 bridgehead atoms. The molecule has 1 fully saturated rings. The van der Waals surface area contributed by atoms with Gasteiger partial charge in [-0.25, -0.2) is 8.42 Å². The summed E-state index contributed by atoms with van der Waals surface area (Å²) in [4.78, 5) is 12.6. The lowest BCUT2D eigenvalue weighted by molar-refractivity contribution is 0.102. The Labute approximate surface area is 153 Å². The second kappa shape index (κ2) is 6.99. The smallest absolute Gasteiger partial charge is 0.255 e. The van der Waals surface area contributed by atoms with E-state index in [0.29, 0.717) is 35.7 Å². The standard InChI is InChI=1S/C19H22N2O4S/c1-13-9-14(2)11-15(10-13)19(22)20-17-12-16(5-6-18(17)25-3)21-7-4-8-26(21,23)24/h5-6,9-12H,4,7-8H2,1-3H3,(H,20,22). The van der Waals surface area contributed by atoms with E-state index >= 15 is 0 Å². The van der Waals surface area contributed by atoms with Crippen molar-refractivity contribution in [2.24, 2.45) is 0 Å². The minimum atomic E-state index is -3.29. The van der Waals surface area contributed by atoms with Crippen molar-refractivity contribution in [3.8, 4) is 5.75 Å². The molecular formula is C19H22N2O4S. The highest BCUT2D eigenvalue weighted by Gasteiger charge is 2.29. The minimum absolute atomic E-state index is 0.142. The zero-order chi connectivity index (χ0) is 18.9. The maximum absolute atomic E-state index is 12.6. The number of amides is 1. The van der Waals surface area contributed by atoms with Gasteiger partial charge in [0.15, 0.2) is 0 Å². The van der Waals surface area contributed by atoms with Crippen LogP contribution in [0.3, 0.4) is 0 Å². The average Bonchev–Trinajstić information content (AvgIpc) is 2.93. The van der Waals surface area contributed by atoms with Crippen LogP contribution in [0, 0.1) is 13.8 Å². The summed E-state index contributed by atoms with van der Waals surface area (Å²) in [6.45, 7) is 4.31. The Bertz CT molecular complexity index is 934. The number of ether oxygens (including phenoxy) is 1. The van der Waals surface area contributed by atoms with Crippen molar-refractivity contribution >= 4 is 27.3 Å². The zero-order valence-electron chi connectivity index (χ0n) is 15.1. The predicted octanol–water partition coefficient (Wildman–Crippen LogP) is 3.10. The van der Waals surface area contributed by atoms with Gasteiger partial charge in [0.25, 0.3) is 5.91 Å². The second-order valence-electron chi connectivity index (χ2n) is 6.46. The van der Waals surface area contributed by atoms with Crippen LogP contribution < -0.4 is 14.4 Å². The summed E-state index contributed by atoms with van der Waals surface area (Å²) in [6.07, 6.45) is 0.596. The molecule has 6 nitrogen and oxygen atoms in total. The lowest BCUT2D eigenvalue weighted by Gasteiger charge is -2.19. The van der Waals surface area contributed by atoms with E-state index in [9.17, 15) is 13.2 Å². The van der Waals surface area contributed by atoms with Gasteiger partial charge in [0, 0.05) is 12.1 Å². The van der Waals surface area contributed by atoms with Gasteiger partial charge in [0.05, 0.1) is 24.2 Å². The normalized spacial score (nSPS) is 15.7. The predicted molar refractivity (Wildman–Crippen MR) is 103 cm³/mol. The van der Waals surface area contributed by atoms with Gasteiger partial charge in [0.2, 0.25) is 10.0 Å². The van der Waals surface area contributed by atoms with Gasteiger partial charge in [-0.2, -0.15) is 0 Å². The van der Waals surface area contributed by atoms with Gasteiger partial charge in [-0.05, 0) is 50.6 Å². The van der Waals surface area contributed by atoms with Crippen molar-refractivity contribution in [3.63, 3.8) is 0 Å². The number of anilines is 2. The number of sulfonamides is 1. The molecule has 1 aliphatic rings. The largest absolute Gasteiger partial charge is 0.495 e. The van der Waals surface area contributed by atoms with Crippen LogP contribution in [0.25, 0.3) is 0 Å². The Kier molecular flexibility index (Phi) is 4.91. The van der Waals surface area contributed by atoms with Crippen LogP contribution >= 0.6 is 0 Å². The Morgan fingerprint density at radius 2 is 1.81 bits per heavy atom. The Balaban J connectivity index is 1.93. The number of hydrogen-bond donors (Lipinski definition) is 1. The van der Waals surface area contributed by atoms with Gasteiger partial charge >= 0.3 is 0 Å². The number of hydrogen-bond acceptors (Lipinski definition) is 4. The van der Waals surface area contributed by atoms with E-state index < -0.39 is 10.0 Å². The van der Waals surface area contributed by atoms with E-state index in [1.807, 2.05) is 32.0 Å². The van der Waals surface area contributed by atoms with Crippen molar-refractivity contribution in [1.82, 2.24) is 0 Å². The zero-order valence-corrected chi connectivity index (χ0v) is 15.9. The molecule has 138 valence electrons. The summed E-state index contributed by atoms with van der Waals surface area (Å²) in [5, 5.41) is 2.84. The van der Waals surface area contributed by atoms with Crippen molar-refractivity contribution in [2.75, 3.05) is 29.0 Å². The molecule has 26 heavy (non-hydrogen) atoms. The molecule has 2 aromatic carbocycles. The van der Waals surface area contributed by atoms with E-state index in [4.69, 9.17) is 4.74 Å². The summed E-state index contributed by atoms with van der Waals surface area (Å²) >= 11 is 0. The van der Waals surface area contributed by atoms with Gasteiger partial charge in [-0.15, -0.1) is 0 Å². The van der Waals surface area contributed by atoms with Crippen LogP contribution in [-0.2, 0) is 10.0 Å². The highest BCUT2D eigenvalue weighted by atomic mass is 32.2. The Morgan fingerprint density at radius 1 is 1.12 bits per heavy atom. The third kappa shape index (κ3) is 3.67. The topological polar surface area (TPSA) is 75.7 Å². The molecule has 2 aromatic rings. The number of benzene rings is 2. The van der Waals surface area contributed by atoms with Crippen LogP contribution in [0.2, 0.25) is 0 Å². The molecule has 0 spiro atoms. The molecule has 0 aliphatic carbocycles. The molecule has 1 heterocycles. The van der Waals surface area contributed by atoms with Crippen LogP contribution in [0.1, 0.15) is 27.9 Å². The molecule has 1 amide bonds. The number of methoxy groups -OCH3 is 1. The summed E-state index contributed by atoms with van der Waals surface area (Å²) < 4.78 is 31.0. The second-order valence-corrected chi connectivity index (χ2v) is 8.47. The number of rotatable bonds is 4. The van der Waals surface area contributed by atoms with E-state index in [1.54, 1.807) is 18.2 Å². The number of carbonyl (C=O) groups is 1. The van der Waals surface area contributed by atoms with Crippen molar-refractivity contribution in [2.45, 2.75) is 20.3 Å². The molecule has 0 saturated carbocycles. The number of nitrogens with one attached hydrogen (secondary N) is 1. The molecule has 0 aromatic heterocycles. The molecule has 7 heteroatoms. The average molecular weight is 374 g/mol. The summed E-state index contributed by atoms with van der Waals surface area (Å²) in [5.41, 5.74) is 3.51. The number of carbonyl (C=O) groups excluding carboxylic acids is 1. The Hall–Kier alpha value is -2.54. The first-order valence-electron chi connectivity index (χ1n) is 8.38. The van der Waals surface area contributed by atoms with Crippen molar-refractivity contribution in [1.29, 1.82) is 0 Å². The van der Waals surface area contributed by atoms with E-state index in [-0.39, 0.29) is 11.7 Å². The fourth-order valence-corrected chi connectivity index (χ4v) is 4.73. The minimum Gasteiger partial charge on any atom is -0.495 e. The van der Waals surface area contributed by atoms with Gasteiger partial charge in [-0.3, -0.25) is 9.10 Å². The summed E-state index contributed by atoms with van der Waals surface area (Å²) in [7, 11) is -1.78. The highest BCUT2D eigenvalue weighted by Crippen LogP contribution is 2.33. The molecule has 1 N–H and O–H groups in total. The maximum atomic E-state index is 12.6. The van der Waals surface area contributed by atoms with E-state index in [1.165, 1.54) is 11.4 Å². The third-order valence-corrected chi connectivity index (χ3v) is 6.17. The van der Waals surface area contributed by atoms with Gasteiger partial charge in [0.1, 0.15) is 5.75 Å². The van der Waals surface area contributed by atoms with Crippen LogP contribution in [0.4, 0.5) is 11.4 Å². The highest BCUT2D eigenvalue weighted by molar-refractivity contribution is 7.93. The first kappa shape index (κ1) is 18.3. The molecule has 0 atom stereocenters. The van der Waals surface area contributed by atoms with Crippen LogP contribution in [0.15, 0.2) is 36.4 Å². The SMILES string of the molecule is COc1ccc(N2CCCS2(=O)=O)cc1NC(=O)c1cc(C)cc(C)c1. The van der Waals surface area contributed by atoms with Crippen molar-refractivity contribution in [3.05, 3.63) is 53.1 Å². The van der Waals surface area contributed by atoms with Crippen molar-refractivity contribution < 1.29 is 17.9 Å². The first-order valence-corrected chi connectivity index (χ1v) is 9.99. The number of nitrogens with zero attached hydrogens (tertiary/aromatic N) is 1. The first-order chi connectivity index (χ1) is 12.3. The Morgan fingerprint density at radius 3 is 2.38 bits per heavy atom. The van der Waals surface area contributed by atoms with Crippen LogP contribution in [0.5, 0.6) is 5.75 Å². The third-order valence-electron chi connectivity index (χ3n) is 4.30. The maximum Gasteiger partial charge on any atom is 0.255 e.